The lowest BCUT2D eigenvalue weighted by Crippen LogP contribution is -2.18. The number of halogens is 5. The van der Waals surface area contributed by atoms with Crippen molar-refractivity contribution in [3.63, 3.8) is 0 Å². The molecule has 0 saturated heterocycles. The van der Waals surface area contributed by atoms with Crippen LogP contribution in [0.5, 0.6) is 5.75 Å². The molecule has 0 amide bonds. The summed E-state index contributed by atoms with van der Waals surface area (Å²) < 4.78 is 63.8. The molecule has 14 heavy (non-hydrogen) atoms. The molecule has 0 saturated carbocycles. The van der Waals surface area contributed by atoms with Crippen molar-refractivity contribution in [3.8, 4) is 5.75 Å². The van der Waals surface area contributed by atoms with E-state index in [-0.39, 0.29) is 5.56 Å². The minimum atomic E-state index is -5.03. The Kier molecular flexibility index (Phi) is 2.64. The molecule has 6 heteroatoms. The van der Waals surface area contributed by atoms with Crippen molar-refractivity contribution in [2.75, 3.05) is 0 Å². The number of alkyl halides is 3. The van der Waals surface area contributed by atoms with Crippen LogP contribution in [0.1, 0.15) is 5.56 Å². The molecule has 0 aliphatic heterocycles. The molecule has 1 aromatic rings. The van der Waals surface area contributed by atoms with Crippen LogP contribution < -0.4 is 4.74 Å². The van der Waals surface area contributed by atoms with Crippen LogP contribution in [0.2, 0.25) is 0 Å². The average molecular weight is 212 g/mol. The van der Waals surface area contributed by atoms with Gasteiger partial charge in [-0.15, -0.1) is 13.2 Å². The largest absolute Gasteiger partial charge is 0.573 e. The van der Waals surface area contributed by atoms with Crippen LogP contribution in [0.15, 0.2) is 12.1 Å². The lowest BCUT2D eigenvalue weighted by atomic mass is 10.2. The first-order chi connectivity index (χ1) is 6.29. The maximum absolute atomic E-state index is 12.9. The highest BCUT2D eigenvalue weighted by Crippen LogP contribution is 2.27. The monoisotopic (exact) mass is 212 g/mol. The first-order valence-corrected chi connectivity index (χ1v) is 3.51. The average Bonchev–Trinajstić information content (AvgIpc) is 1.96. The molecule has 0 aliphatic rings. The quantitative estimate of drug-likeness (QED) is 0.649. The molecule has 78 valence electrons. The van der Waals surface area contributed by atoms with Gasteiger partial charge in [-0.2, -0.15) is 0 Å². The zero-order valence-corrected chi connectivity index (χ0v) is 6.95. The van der Waals surface area contributed by atoms with E-state index >= 15 is 0 Å². The van der Waals surface area contributed by atoms with Crippen molar-refractivity contribution < 1.29 is 26.7 Å². The van der Waals surface area contributed by atoms with Gasteiger partial charge in [0.15, 0.2) is 11.6 Å². The van der Waals surface area contributed by atoms with Gasteiger partial charge in [-0.3, -0.25) is 0 Å². The molecule has 1 aromatic carbocycles. The molecule has 0 aliphatic carbocycles. The van der Waals surface area contributed by atoms with Gasteiger partial charge < -0.3 is 4.74 Å². The van der Waals surface area contributed by atoms with Crippen molar-refractivity contribution in [2.24, 2.45) is 0 Å². The summed E-state index contributed by atoms with van der Waals surface area (Å²) in [7, 11) is 0. The fraction of sp³-hybridized carbons (Fsp3) is 0.250. The van der Waals surface area contributed by atoms with E-state index in [4.69, 9.17) is 0 Å². The van der Waals surface area contributed by atoms with Crippen molar-refractivity contribution in [1.82, 2.24) is 0 Å². The second-order valence-electron chi connectivity index (χ2n) is 2.58. The first-order valence-electron chi connectivity index (χ1n) is 3.51. The van der Waals surface area contributed by atoms with Crippen molar-refractivity contribution in [3.05, 3.63) is 29.3 Å². The van der Waals surface area contributed by atoms with Crippen LogP contribution in [0, 0.1) is 18.6 Å². The Balaban J connectivity index is 3.09. The second kappa shape index (κ2) is 3.43. The molecule has 0 spiro atoms. The molecule has 0 fully saturated rings. The fourth-order valence-corrected chi connectivity index (χ4v) is 0.894. The molecule has 1 rings (SSSR count). The van der Waals surface area contributed by atoms with Gasteiger partial charge in [0, 0.05) is 6.07 Å². The Hall–Kier alpha value is -1.33. The molecule has 0 atom stereocenters. The molecule has 1 nitrogen and oxygen atoms in total. The summed E-state index contributed by atoms with van der Waals surface area (Å²) in [5, 5.41) is 0. The van der Waals surface area contributed by atoms with Crippen LogP contribution >= 0.6 is 0 Å². The summed E-state index contributed by atoms with van der Waals surface area (Å²) in [4.78, 5) is 0. The molecular formula is C8H5F5O. The van der Waals surface area contributed by atoms with E-state index in [1.165, 1.54) is 0 Å². The SMILES string of the molecule is Cc1cc(F)cc(OC(F)(F)F)c1F. The number of aryl methyl sites for hydroxylation is 1. The van der Waals surface area contributed by atoms with E-state index in [9.17, 15) is 22.0 Å². The van der Waals surface area contributed by atoms with Gasteiger partial charge in [0.1, 0.15) is 5.82 Å². The fourth-order valence-electron chi connectivity index (χ4n) is 0.894. The molecular weight excluding hydrogens is 207 g/mol. The van der Waals surface area contributed by atoms with Crippen LogP contribution in [-0.4, -0.2) is 6.36 Å². The summed E-state index contributed by atoms with van der Waals surface area (Å²) in [5.74, 6) is -3.36. The molecule has 0 aromatic heterocycles. The molecule has 0 bridgehead atoms. The van der Waals surface area contributed by atoms with E-state index in [0.717, 1.165) is 13.0 Å². The third kappa shape index (κ3) is 2.58. The van der Waals surface area contributed by atoms with E-state index < -0.39 is 23.7 Å². The predicted molar refractivity (Wildman–Crippen MR) is 37.8 cm³/mol. The highest BCUT2D eigenvalue weighted by molar-refractivity contribution is 5.31. The number of benzene rings is 1. The Bertz CT molecular complexity index is 344. The van der Waals surface area contributed by atoms with Gasteiger partial charge in [0.25, 0.3) is 0 Å². The van der Waals surface area contributed by atoms with Crippen LogP contribution in [0.3, 0.4) is 0 Å². The summed E-state index contributed by atoms with van der Waals surface area (Å²) >= 11 is 0. The Morgan fingerprint density at radius 1 is 1.14 bits per heavy atom. The van der Waals surface area contributed by atoms with Gasteiger partial charge in [0.2, 0.25) is 0 Å². The first kappa shape index (κ1) is 10.7. The smallest absolute Gasteiger partial charge is 0.403 e. The van der Waals surface area contributed by atoms with E-state index in [2.05, 4.69) is 4.74 Å². The number of hydrogen-bond acceptors (Lipinski definition) is 1. The van der Waals surface area contributed by atoms with Crippen molar-refractivity contribution in [1.29, 1.82) is 0 Å². The standard InChI is InChI=1S/C8H5F5O/c1-4-2-5(9)3-6(7(4)10)14-8(11,12)13/h2-3H,1H3. The molecule has 0 unspecified atom stereocenters. The minimum Gasteiger partial charge on any atom is -0.403 e. The third-order valence-electron chi connectivity index (χ3n) is 1.41. The highest BCUT2D eigenvalue weighted by Gasteiger charge is 2.32. The highest BCUT2D eigenvalue weighted by atomic mass is 19.4. The van der Waals surface area contributed by atoms with Gasteiger partial charge in [-0.05, 0) is 18.6 Å². The number of ether oxygens (including phenoxy) is 1. The van der Waals surface area contributed by atoms with Crippen LogP contribution in [0.4, 0.5) is 22.0 Å². The predicted octanol–water partition coefficient (Wildman–Crippen LogP) is 3.17. The maximum atomic E-state index is 12.9. The second-order valence-corrected chi connectivity index (χ2v) is 2.58. The lowest BCUT2D eigenvalue weighted by Gasteiger charge is -2.10. The van der Waals surface area contributed by atoms with Gasteiger partial charge >= 0.3 is 6.36 Å². The minimum absolute atomic E-state index is 0.246. The lowest BCUT2D eigenvalue weighted by molar-refractivity contribution is -0.275. The maximum Gasteiger partial charge on any atom is 0.573 e. The summed E-state index contributed by atoms with van der Waals surface area (Å²) in [6.45, 7) is 1.14. The normalized spacial score (nSPS) is 11.6. The number of rotatable bonds is 1. The Morgan fingerprint density at radius 3 is 2.21 bits per heavy atom. The third-order valence-corrected chi connectivity index (χ3v) is 1.41. The van der Waals surface area contributed by atoms with E-state index in [1.807, 2.05) is 0 Å². The molecule has 0 heterocycles. The Labute approximate surface area is 76.1 Å². The zero-order valence-electron chi connectivity index (χ0n) is 6.95. The van der Waals surface area contributed by atoms with Gasteiger partial charge in [-0.25, -0.2) is 8.78 Å². The zero-order chi connectivity index (χ0) is 10.9. The summed E-state index contributed by atoms with van der Waals surface area (Å²) in [6.07, 6.45) is -5.03. The van der Waals surface area contributed by atoms with E-state index in [1.54, 1.807) is 0 Å². The van der Waals surface area contributed by atoms with Crippen molar-refractivity contribution >= 4 is 0 Å². The van der Waals surface area contributed by atoms with Crippen molar-refractivity contribution in [2.45, 2.75) is 13.3 Å². The summed E-state index contributed by atoms with van der Waals surface area (Å²) in [5.41, 5.74) is -0.246. The van der Waals surface area contributed by atoms with Gasteiger partial charge in [0.05, 0.1) is 0 Å². The van der Waals surface area contributed by atoms with Gasteiger partial charge in [-0.1, -0.05) is 0 Å². The Morgan fingerprint density at radius 2 is 1.71 bits per heavy atom. The van der Waals surface area contributed by atoms with E-state index in [0.29, 0.717) is 6.07 Å². The molecule has 0 radical (unpaired) electrons. The van der Waals surface area contributed by atoms with Crippen LogP contribution in [-0.2, 0) is 0 Å². The number of hydrogen-bond donors (Lipinski definition) is 0. The van der Waals surface area contributed by atoms with Crippen LogP contribution in [0.25, 0.3) is 0 Å². The molecule has 0 N–H and O–H groups in total. The topological polar surface area (TPSA) is 9.23 Å². The summed E-state index contributed by atoms with van der Waals surface area (Å²) in [6, 6.07) is 1.12.